The van der Waals surface area contributed by atoms with E-state index >= 15 is 0 Å². The van der Waals surface area contributed by atoms with Gasteiger partial charge >= 0.3 is 0 Å². The summed E-state index contributed by atoms with van der Waals surface area (Å²) in [6, 6.07) is 8.90. The van der Waals surface area contributed by atoms with E-state index in [1.165, 1.54) is 31.2 Å². The van der Waals surface area contributed by atoms with Crippen LogP contribution < -0.4 is 10.1 Å². The van der Waals surface area contributed by atoms with E-state index < -0.39 is 0 Å². The van der Waals surface area contributed by atoms with Crippen molar-refractivity contribution in [2.45, 2.75) is 38.3 Å². The number of hydrogen-bond donors (Lipinski definition) is 1. The van der Waals surface area contributed by atoms with Gasteiger partial charge in [-0.15, -0.1) is 0 Å². The van der Waals surface area contributed by atoms with E-state index in [2.05, 4.69) is 36.4 Å². The molecule has 1 aliphatic carbocycles. The van der Waals surface area contributed by atoms with Gasteiger partial charge in [0.05, 0.1) is 7.11 Å². The first-order chi connectivity index (χ1) is 9.74. The number of hydrogen-bond acceptors (Lipinski definition) is 3. The monoisotopic (exact) mass is 276 g/mol. The van der Waals surface area contributed by atoms with Crippen LogP contribution >= 0.6 is 0 Å². The van der Waals surface area contributed by atoms with Crippen LogP contribution in [0.1, 0.15) is 31.2 Å². The summed E-state index contributed by atoms with van der Waals surface area (Å²) in [5, 5.41) is 3.52. The first kappa shape index (κ1) is 15.3. The molecule has 0 spiro atoms. The van der Waals surface area contributed by atoms with Crippen LogP contribution in [0.2, 0.25) is 0 Å². The van der Waals surface area contributed by atoms with Crippen molar-refractivity contribution < 1.29 is 4.74 Å². The molecule has 3 heteroatoms. The highest BCUT2D eigenvalue weighted by molar-refractivity contribution is 5.33. The predicted octanol–water partition coefficient (Wildman–Crippen LogP) is 2.91. The summed E-state index contributed by atoms with van der Waals surface area (Å²) in [6.45, 7) is 2.04. The van der Waals surface area contributed by atoms with Crippen LogP contribution in [0.4, 0.5) is 0 Å². The van der Waals surface area contributed by atoms with Gasteiger partial charge in [0.2, 0.25) is 0 Å². The van der Waals surface area contributed by atoms with Crippen LogP contribution in [0.3, 0.4) is 0 Å². The van der Waals surface area contributed by atoms with Crippen molar-refractivity contribution in [1.29, 1.82) is 0 Å². The number of nitrogens with zero attached hydrogens (tertiary/aromatic N) is 1. The first-order valence-corrected chi connectivity index (χ1v) is 7.72. The molecule has 1 saturated carbocycles. The predicted molar refractivity (Wildman–Crippen MR) is 84.1 cm³/mol. The summed E-state index contributed by atoms with van der Waals surface area (Å²) in [4.78, 5) is 2.40. The van der Waals surface area contributed by atoms with E-state index in [1.54, 1.807) is 7.11 Å². The number of ether oxygens (including phenoxy) is 1. The third kappa shape index (κ3) is 3.97. The Balaban J connectivity index is 1.91. The molecule has 1 atom stereocenters. The molecule has 1 aliphatic rings. The minimum atomic E-state index is 0.609. The van der Waals surface area contributed by atoms with E-state index in [1.807, 2.05) is 12.1 Å². The maximum atomic E-state index is 5.44. The number of para-hydroxylation sites is 1. The van der Waals surface area contributed by atoms with Gasteiger partial charge in [-0.3, -0.25) is 0 Å². The smallest absolute Gasteiger partial charge is 0.123 e. The SMILES string of the molecule is CNC(CN(C)Cc1ccccc1OC)C1CCCC1. The van der Waals surface area contributed by atoms with Crippen molar-refractivity contribution in [3.8, 4) is 5.75 Å². The molecule has 0 bridgehead atoms. The van der Waals surface area contributed by atoms with Crippen LogP contribution in [-0.2, 0) is 6.54 Å². The Bertz CT molecular complexity index is 402. The molecule has 1 aromatic carbocycles. The maximum absolute atomic E-state index is 5.44. The highest BCUT2D eigenvalue weighted by atomic mass is 16.5. The van der Waals surface area contributed by atoms with E-state index in [4.69, 9.17) is 4.74 Å². The normalized spacial score (nSPS) is 17.6. The molecule has 0 radical (unpaired) electrons. The number of likely N-dealkylation sites (N-methyl/N-ethyl adjacent to an activating group) is 2. The average molecular weight is 276 g/mol. The first-order valence-electron chi connectivity index (χ1n) is 7.72. The highest BCUT2D eigenvalue weighted by Gasteiger charge is 2.24. The Hall–Kier alpha value is -1.06. The van der Waals surface area contributed by atoms with Crippen LogP contribution in [-0.4, -0.2) is 38.7 Å². The zero-order chi connectivity index (χ0) is 14.4. The molecule has 1 unspecified atom stereocenters. The highest BCUT2D eigenvalue weighted by Crippen LogP contribution is 2.28. The van der Waals surface area contributed by atoms with Gasteiger partial charge in [0.1, 0.15) is 5.75 Å². The van der Waals surface area contributed by atoms with E-state index in [-0.39, 0.29) is 0 Å². The lowest BCUT2D eigenvalue weighted by Gasteiger charge is -2.28. The number of rotatable bonds is 7. The van der Waals surface area contributed by atoms with Crippen molar-refractivity contribution in [2.75, 3.05) is 27.7 Å². The number of methoxy groups -OCH3 is 1. The fourth-order valence-electron chi connectivity index (χ4n) is 3.36. The fourth-order valence-corrected chi connectivity index (χ4v) is 3.36. The summed E-state index contributed by atoms with van der Waals surface area (Å²) in [7, 11) is 6.04. The lowest BCUT2D eigenvalue weighted by Crippen LogP contribution is -2.42. The molecule has 0 heterocycles. The Morgan fingerprint density at radius 3 is 2.65 bits per heavy atom. The van der Waals surface area contributed by atoms with Gasteiger partial charge in [-0.2, -0.15) is 0 Å². The van der Waals surface area contributed by atoms with E-state index in [9.17, 15) is 0 Å². The lowest BCUT2D eigenvalue weighted by atomic mass is 9.97. The largest absolute Gasteiger partial charge is 0.496 e. The number of nitrogens with one attached hydrogen (secondary N) is 1. The van der Waals surface area contributed by atoms with Crippen LogP contribution in [0.5, 0.6) is 5.75 Å². The Morgan fingerprint density at radius 2 is 2.00 bits per heavy atom. The molecule has 1 aromatic rings. The Morgan fingerprint density at radius 1 is 1.30 bits per heavy atom. The molecule has 0 amide bonds. The lowest BCUT2D eigenvalue weighted by molar-refractivity contribution is 0.240. The third-order valence-corrected chi connectivity index (χ3v) is 4.48. The Kier molecular flexibility index (Phi) is 5.86. The van der Waals surface area contributed by atoms with Crippen molar-refractivity contribution in [3.05, 3.63) is 29.8 Å². The summed E-state index contributed by atoms with van der Waals surface area (Å²) in [5.41, 5.74) is 1.26. The van der Waals surface area contributed by atoms with Crippen molar-refractivity contribution >= 4 is 0 Å². The molecule has 20 heavy (non-hydrogen) atoms. The molecule has 0 saturated heterocycles. The van der Waals surface area contributed by atoms with Gasteiger partial charge in [0.15, 0.2) is 0 Å². The second kappa shape index (κ2) is 7.65. The fraction of sp³-hybridized carbons (Fsp3) is 0.647. The molecule has 1 fully saturated rings. The summed E-state index contributed by atoms with van der Waals surface area (Å²) in [5.74, 6) is 1.83. The average Bonchev–Trinajstić information content (AvgIpc) is 2.99. The molecule has 0 aliphatic heterocycles. The topological polar surface area (TPSA) is 24.5 Å². The molecule has 112 valence electrons. The summed E-state index contributed by atoms with van der Waals surface area (Å²) < 4.78 is 5.44. The minimum Gasteiger partial charge on any atom is -0.496 e. The molecule has 1 N–H and O–H groups in total. The summed E-state index contributed by atoms with van der Waals surface area (Å²) in [6.07, 6.45) is 5.57. The quantitative estimate of drug-likeness (QED) is 0.829. The van der Waals surface area contributed by atoms with Crippen LogP contribution in [0.25, 0.3) is 0 Å². The van der Waals surface area contributed by atoms with E-state index in [0.29, 0.717) is 6.04 Å². The van der Waals surface area contributed by atoms with Gasteiger partial charge < -0.3 is 15.0 Å². The summed E-state index contributed by atoms with van der Waals surface area (Å²) >= 11 is 0. The second-order valence-corrected chi connectivity index (χ2v) is 5.95. The van der Waals surface area contributed by atoms with Gasteiger partial charge in [-0.05, 0) is 38.9 Å². The molecule has 3 nitrogen and oxygen atoms in total. The second-order valence-electron chi connectivity index (χ2n) is 5.95. The molecular weight excluding hydrogens is 248 g/mol. The number of benzene rings is 1. The van der Waals surface area contributed by atoms with Gasteiger partial charge in [0.25, 0.3) is 0 Å². The van der Waals surface area contributed by atoms with Gasteiger partial charge in [0, 0.05) is 24.7 Å². The zero-order valence-corrected chi connectivity index (χ0v) is 13.1. The van der Waals surface area contributed by atoms with Crippen LogP contribution in [0.15, 0.2) is 24.3 Å². The van der Waals surface area contributed by atoms with Crippen molar-refractivity contribution in [3.63, 3.8) is 0 Å². The van der Waals surface area contributed by atoms with Crippen LogP contribution in [0, 0.1) is 5.92 Å². The maximum Gasteiger partial charge on any atom is 0.123 e. The standard InChI is InChI=1S/C17H28N2O/c1-18-16(14-8-4-5-9-14)13-19(2)12-15-10-6-7-11-17(15)20-3/h6-7,10-11,14,16,18H,4-5,8-9,12-13H2,1-3H3. The minimum absolute atomic E-state index is 0.609. The molecule has 0 aromatic heterocycles. The third-order valence-electron chi connectivity index (χ3n) is 4.48. The Labute approximate surface area is 123 Å². The van der Waals surface area contributed by atoms with Crippen molar-refractivity contribution in [1.82, 2.24) is 10.2 Å². The van der Waals surface area contributed by atoms with Crippen molar-refractivity contribution in [2.24, 2.45) is 5.92 Å². The zero-order valence-electron chi connectivity index (χ0n) is 13.1. The van der Waals surface area contributed by atoms with E-state index in [0.717, 1.165) is 24.8 Å². The van der Waals surface area contributed by atoms with Gasteiger partial charge in [-0.1, -0.05) is 31.0 Å². The molecule has 2 rings (SSSR count). The van der Waals surface area contributed by atoms with Gasteiger partial charge in [-0.25, -0.2) is 0 Å². The molecular formula is C17H28N2O.